The van der Waals surface area contributed by atoms with Crippen LogP contribution in [-0.2, 0) is 4.79 Å². The summed E-state index contributed by atoms with van der Waals surface area (Å²) >= 11 is 0. The number of phenols is 1. The number of nitrogens with two attached hydrogens (primary N) is 1. The first-order chi connectivity index (χ1) is 8.99. The van der Waals surface area contributed by atoms with E-state index in [9.17, 15) is 9.90 Å². The molecule has 19 heavy (non-hydrogen) atoms. The van der Waals surface area contributed by atoms with Crippen LogP contribution in [0, 0.1) is 5.92 Å². The summed E-state index contributed by atoms with van der Waals surface area (Å²) in [4.78, 5) is 15.7. The van der Waals surface area contributed by atoms with Gasteiger partial charge < -0.3 is 16.2 Å². The van der Waals surface area contributed by atoms with Crippen LogP contribution in [0.25, 0.3) is 10.8 Å². The number of nitrogens with one attached hydrogen (secondary N) is 1. The number of anilines is 1. The Kier molecular flexibility index (Phi) is 3.55. The van der Waals surface area contributed by atoms with Gasteiger partial charge in [-0.1, -0.05) is 19.9 Å². The van der Waals surface area contributed by atoms with Crippen LogP contribution in [0.4, 0.5) is 5.82 Å². The summed E-state index contributed by atoms with van der Waals surface area (Å²) in [7, 11) is 0. The number of aromatic hydroxyl groups is 1. The van der Waals surface area contributed by atoms with E-state index in [0.717, 1.165) is 10.8 Å². The van der Waals surface area contributed by atoms with Gasteiger partial charge in [0.15, 0.2) is 0 Å². The Morgan fingerprint density at radius 2 is 2.11 bits per heavy atom. The number of rotatable bonds is 4. The highest BCUT2D eigenvalue weighted by atomic mass is 16.3. The lowest BCUT2D eigenvalue weighted by Gasteiger charge is -2.20. The summed E-state index contributed by atoms with van der Waals surface area (Å²) in [5.74, 6) is 0.329. The zero-order chi connectivity index (χ0) is 14.0. The molecule has 0 fully saturated rings. The van der Waals surface area contributed by atoms with Crippen LogP contribution >= 0.6 is 0 Å². The van der Waals surface area contributed by atoms with Gasteiger partial charge in [0.2, 0.25) is 5.91 Å². The molecule has 4 N–H and O–H groups in total. The van der Waals surface area contributed by atoms with E-state index in [1.807, 2.05) is 19.9 Å². The number of phenolic OH excluding ortho intramolecular Hbond substituents is 1. The maximum Gasteiger partial charge on any atom is 0.240 e. The number of hydrogen-bond acceptors (Lipinski definition) is 4. The molecule has 1 heterocycles. The van der Waals surface area contributed by atoms with Crippen molar-refractivity contribution in [3.05, 3.63) is 30.5 Å². The van der Waals surface area contributed by atoms with Crippen molar-refractivity contribution in [1.29, 1.82) is 0 Å². The number of benzene rings is 1. The molecular weight excluding hydrogens is 242 g/mol. The number of carbonyl (C=O) groups is 1. The predicted molar refractivity (Wildman–Crippen MR) is 74.9 cm³/mol. The largest absolute Gasteiger partial charge is 0.508 e. The Labute approximate surface area is 111 Å². The highest BCUT2D eigenvalue weighted by molar-refractivity contribution is 5.94. The van der Waals surface area contributed by atoms with Crippen molar-refractivity contribution >= 4 is 22.5 Å². The molecule has 5 heteroatoms. The minimum Gasteiger partial charge on any atom is -0.508 e. The van der Waals surface area contributed by atoms with Gasteiger partial charge in [0.1, 0.15) is 17.6 Å². The summed E-state index contributed by atoms with van der Waals surface area (Å²) < 4.78 is 0. The number of amides is 1. The van der Waals surface area contributed by atoms with Crippen molar-refractivity contribution in [2.75, 3.05) is 5.32 Å². The van der Waals surface area contributed by atoms with Crippen LogP contribution in [0.3, 0.4) is 0 Å². The number of carbonyl (C=O) groups excluding carboxylic acids is 1. The Morgan fingerprint density at radius 1 is 1.37 bits per heavy atom. The molecule has 0 saturated heterocycles. The third-order valence-electron chi connectivity index (χ3n) is 3.02. The normalized spacial score (nSPS) is 12.6. The van der Waals surface area contributed by atoms with Crippen molar-refractivity contribution < 1.29 is 9.90 Å². The lowest BCUT2D eigenvalue weighted by molar-refractivity contribution is -0.119. The number of aromatic nitrogens is 1. The van der Waals surface area contributed by atoms with Crippen LogP contribution in [0.5, 0.6) is 5.75 Å². The minimum atomic E-state index is -0.500. The fourth-order valence-electron chi connectivity index (χ4n) is 1.98. The van der Waals surface area contributed by atoms with Crippen molar-refractivity contribution in [1.82, 2.24) is 4.98 Å². The Bertz CT molecular complexity index is 611. The summed E-state index contributed by atoms with van der Waals surface area (Å²) in [5, 5.41) is 14.3. The Morgan fingerprint density at radius 3 is 2.74 bits per heavy atom. The minimum absolute atomic E-state index is 0.0480. The molecule has 2 rings (SSSR count). The fraction of sp³-hybridized carbons (Fsp3) is 0.286. The number of pyridine rings is 1. The van der Waals surface area contributed by atoms with E-state index in [4.69, 9.17) is 5.73 Å². The first-order valence-electron chi connectivity index (χ1n) is 6.12. The zero-order valence-corrected chi connectivity index (χ0v) is 10.9. The number of hydrogen-bond donors (Lipinski definition) is 3. The molecule has 0 aliphatic rings. The quantitative estimate of drug-likeness (QED) is 0.782. The van der Waals surface area contributed by atoms with E-state index in [1.54, 1.807) is 24.4 Å². The van der Waals surface area contributed by atoms with Crippen LogP contribution in [0.1, 0.15) is 13.8 Å². The van der Waals surface area contributed by atoms with E-state index in [2.05, 4.69) is 10.3 Å². The summed E-state index contributed by atoms with van der Waals surface area (Å²) in [6.07, 6.45) is 1.65. The van der Waals surface area contributed by atoms with E-state index in [-0.39, 0.29) is 11.7 Å². The third kappa shape index (κ3) is 2.76. The van der Waals surface area contributed by atoms with Crippen LogP contribution < -0.4 is 11.1 Å². The highest BCUT2D eigenvalue weighted by Crippen LogP contribution is 2.26. The molecule has 1 atom stereocenters. The molecular formula is C14H17N3O2. The molecule has 1 aromatic heterocycles. The number of primary amides is 1. The molecule has 100 valence electrons. The highest BCUT2D eigenvalue weighted by Gasteiger charge is 2.20. The average Bonchev–Trinajstić information content (AvgIpc) is 2.35. The topological polar surface area (TPSA) is 88.2 Å². The van der Waals surface area contributed by atoms with E-state index in [0.29, 0.717) is 5.82 Å². The second kappa shape index (κ2) is 5.14. The van der Waals surface area contributed by atoms with Crippen LogP contribution in [-0.4, -0.2) is 22.0 Å². The van der Waals surface area contributed by atoms with Gasteiger partial charge in [0.05, 0.1) is 0 Å². The average molecular weight is 259 g/mol. The molecule has 1 aromatic carbocycles. The third-order valence-corrected chi connectivity index (χ3v) is 3.02. The lowest BCUT2D eigenvalue weighted by atomic mass is 10.0. The Hall–Kier alpha value is -2.30. The fourth-order valence-corrected chi connectivity index (χ4v) is 1.98. The SMILES string of the molecule is CC(C)C(Nc1nccc2ccc(O)cc12)C(N)=O. The van der Waals surface area contributed by atoms with E-state index < -0.39 is 11.9 Å². The molecule has 0 aliphatic heterocycles. The first-order valence-corrected chi connectivity index (χ1v) is 6.12. The maximum absolute atomic E-state index is 11.4. The molecule has 5 nitrogen and oxygen atoms in total. The summed E-state index contributed by atoms with van der Waals surface area (Å²) in [6, 6.07) is 6.37. The number of fused-ring (bicyclic) bond motifs is 1. The van der Waals surface area contributed by atoms with Crippen molar-refractivity contribution in [2.24, 2.45) is 11.7 Å². The van der Waals surface area contributed by atoms with E-state index in [1.165, 1.54) is 0 Å². The van der Waals surface area contributed by atoms with Gasteiger partial charge in [-0.25, -0.2) is 4.98 Å². The first kappa shape index (κ1) is 13.1. The molecule has 0 radical (unpaired) electrons. The second-order valence-corrected chi connectivity index (χ2v) is 4.83. The molecule has 0 bridgehead atoms. The standard InChI is InChI=1S/C14H17N3O2/c1-8(2)12(13(15)19)17-14-11-7-10(18)4-3-9(11)5-6-16-14/h3-8,12,18H,1-2H3,(H2,15,19)(H,16,17). The van der Waals surface area contributed by atoms with Crippen LogP contribution in [0.15, 0.2) is 30.5 Å². The molecule has 0 saturated carbocycles. The smallest absolute Gasteiger partial charge is 0.240 e. The van der Waals surface area contributed by atoms with Gasteiger partial charge >= 0.3 is 0 Å². The summed E-state index contributed by atoms with van der Waals surface area (Å²) in [6.45, 7) is 3.82. The Balaban J connectivity index is 2.44. The zero-order valence-electron chi connectivity index (χ0n) is 10.9. The van der Waals surface area contributed by atoms with Gasteiger partial charge in [0.25, 0.3) is 0 Å². The maximum atomic E-state index is 11.4. The predicted octanol–water partition coefficient (Wildman–Crippen LogP) is 1.86. The van der Waals surface area contributed by atoms with Gasteiger partial charge in [-0.05, 0) is 29.5 Å². The van der Waals surface area contributed by atoms with Crippen LogP contribution in [0.2, 0.25) is 0 Å². The monoisotopic (exact) mass is 259 g/mol. The second-order valence-electron chi connectivity index (χ2n) is 4.83. The molecule has 1 amide bonds. The number of nitrogens with zero attached hydrogens (tertiary/aromatic N) is 1. The van der Waals surface area contributed by atoms with Gasteiger partial charge in [0, 0.05) is 11.6 Å². The van der Waals surface area contributed by atoms with Crippen molar-refractivity contribution in [3.8, 4) is 5.75 Å². The van der Waals surface area contributed by atoms with Crippen molar-refractivity contribution in [3.63, 3.8) is 0 Å². The van der Waals surface area contributed by atoms with Gasteiger partial charge in [-0.2, -0.15) is 0 Å². The molecule has 1 unspecified atom stereocenters. The molecule has 0 spiro atoms. The van der Waals surface area contributed by atoms with Gasteiger partial charge in [-0.3, -0.25) is 4.79 Å². The summed E-state index contributed by atoms with van der Waals surface area (Å²) in [5.41, 5.74) is 5.38. The molecule has 2 aromatic rings. The lowest BCUT2D eigenvalue weighted by Crippen LogP contribution is -2.39. The van der Waals surface area contributed by atoms with Crippen molar-refractivity contribution in [2.45, 2.75) is 19.9 Å². The van der Waals surface area contributed by atoms with E-state index >= 15 is 0 Å². The molecule has 0 aliphatic carbocycles. The van der Waals surface area contributed by atoms with Gasteiger partial charge in [-0.15, -0.1) is 0 Å².